The summed E-state index contributed by atoms with van der Waals surface area (Å²) < 4.78 is 17.8. The van der Waals surface area contributed by atoms with E-state index in [4.69, 9.17) is 0 Å². The summed E-state index contributed by atoms with van der Waals surface area (Å²) in [4.78, 5) is 23.6. The second kappa shape index (κ2) is 5.84. The van der Waals surface area contributed by atoms with Gasteiger partial charge in [-0.2, -0.15) is 10.2 Å². The van der Waals surface area contributed by atoms with Crippen LogP contribution in [0.2, 0.25) is 0 Å². The number of hydrogen-bond acceptors (Lipinski definition) is 4. The van der Waals surface area contributed by atoms with Gasteiger partial charge in [0.05, 0.1) is 6.20 Å². The van der Waals surface area contributed by atoms with Crippen LogP contribution in [0.15, 0.2) is 41.6 Å². The third kappa shape index (κ3) is 2.64. The number of nitrogens with zero attached hydrogens (tertiary/aromatic N) is 4. The number of halogens is 1. The zero-order chi connectivity index (χ0) is 17.4. The first kappa shape index (κ1) is 15.8. The third-order valence-electron chi connectivity index (χ3n) is 3.67. The van der Waals surface area contributed by atoms with Crippen LogP contribution in [0.3, 0.4) is 0 Å². The Morgan fingerprint density at radius 1 is 1.25 bits per heavy atom. The Labute approximate surface area is 137 Å². The van der Waals surface area contributed by atoms with Crippen molar-refractivity contribution in [2.75, 3.05) is 0 Å². The fourth-order valence-corrected chi connectivity index (χ4v) is 2.44. The Bertz CT molecular complexity index is 1000. The van der Waals surface area contributed by atoms with E-state index in [0.717, 1.165) is 0 Å². The molecule has 24 heavy (non-hydrogen) atoms. The van der Waals surface area contributed by atoms with Gasteiger partial charge >= 0.3 is 0 Å². The lowest BCUT2D eigenvalue weighted by atomic mass is 10.1. The van der Waals surface area contributed by atoms with Crippen LogP contribution in [0.5, 0.6) is 0 Å². The fourth-order valence-electron chi connectivity index (χ4n) is 2.44. The highest BCUT2D eigenvalue weighted by atomic mass is 19.1. The van der Waals surface area contributed by atoms with E-state index in [0.29, 0.717) is 16.7 Å². The van der Waals surface area contributed by atoms with E-state index in [9.17, 15) is 14.0 Å². The molecule has 0 N–H and O–H groups in total. The van der Waals surface area contributed by atoms with Gasteiger partial charge in [0.1, 0.15) is 5.69 Å². The summed E-state index contributed by atoms with van der Waals surface area (Å²) in [6, 6.07) is 4.86. The van der Waals surface area contributed by atoms with Crippen molar-refractivity contribution >= 4 is 5.78 Å². The fraction of sp³-hybridized carbons (Fsp3) is 0.176. The predicted octanol–water partition coefficient (Wildman–Crippen LogP) is 2.28. The molecule has 0 unspecified atom stereocenters. The van der Waals surface area contributed by atoms with Crippen LogP contribution in [-0.2, 0) is 7.05 Å². The van der Waals surface area contributed by atoms with E-state index in [-0.39, 0.29) is 11.4 Å². The number of hydrogen-bond donors (Lipinski definition) is 0. The van der Waals surface area contributed by atoms with Crippen molar-refractivity contribution in [1.82, 2.24) is 19.6 Å². The minimum atomic E-state index is -0.504. The summed E-state index contributed by atoms with van der Waals surface area (Å²) in [5.41, 5.74) is 0.816. The molecule has 0 aliphatic rings. The average molecular weight is 326 g/mol. The first-order chi connectivity index (χ1) is 11.4. The molecule has 122 valence electrons. The van der Waals surface area contributed by atoms with Gasteiger partial charge in [-0.25, -0.2) is 9.07 Å². The highest BCUT2D eigenvalue weighted by Crippen LogP contribution is 2.26. The molecule has 2 aromatic heterocycles. The standard InChI is InChI=1S/C17H15FN4O2/c1-10-8-22(20-16(11(2)23)17(10)24)14-6-4-5-13(15(14)18)12-7-19-21(3)9-12/h4-9H,1-3H3. The molecule has 0 amide bonds. The Morgan fingerprint density at radius 2 is 2.00 bits per heavy atom. The van der Waals surface area contributed by atoms with Crippen LogP contribution in [0, 0.1) is 12.7 Å². The van der Waals surface area contributed by atoms with Crippen molar-refractivity contribution in [2.45, 2.75) is 13.8 Å². The molecule has 3 rings (SSSR count). The quantitative estimate of drug-likeness (QED) is 0.693. The molecule has 0 aliphatic heterocycles. The van der Waals surface area contributed by atoms with Gasteiger partial charge in [-0.05, 0) is 13.0 Å². The lowest BCUT2D eigenvalue weighted by molar-refractivity contribution is 0.101. The molecule has 0 atom stereocenters. The van der Waals surface area contributed by atoms with Gasteiger partial charge in [0.15, 0.2) is 17.3 Å². The summed E-state index contributed by atoms with van der Waals surface area (Å²) >= 11 is 0. The van der Waals surface area contributed by atoms with Crippen molar-refractivity contribution in [3.8, 4) is 16.8 Å². The van der Waals surface area contributed by atoms with E-state index in [1.165, 1.54) is 23.9 Å². The largest absolute Gasteiger partial charge is 0.293 e. The summed E-state index contributed by atoms with van der Waals surface area (Å²) in [6.45, 7) is 2.83. The van der Waals surface area contributed by atoms with Crippen molar-refractivity contribution < 1.29 is 9.18 Å². The molecule has 7 heteroatoms. The smallest absolute Gasteiger partial charge is 0.214 e. The van der Waals surface area contributed by atoms with E-state index in [1.54, 1.807) is 43.2 Å². The maximum absolute atomic E-state index is 15.0. The number of carbonyl (C=O) groups is 1. The van der Waals surface area contributed by atoms with Crippen molar-refractivity contribution in [1.29, 1.82) is 0 Å². The number of benzene rings is 1. The minimum absolute atomic E-state index is 0.155. The second-order valence-electron chi connectivity index (χ2n) is 5.53. The second-order valence-corrected chi connectivity index (χ2v) is 5.53. The number of aromatic nitrogens is 4. The molecule has 0 saturated heterocycles. The lowest BCUT2D eigenvalue weighted by Crippen LogP contribution is -2.22. The van der Waals surface area contributed by atoms with Crippen LogP contribution < -0.4 is 5.43 Å². The molecule has 6 nitrogen and oxygen atoms in total. The van der Waals surface area contributed by atoms with Gasteiger partial charge in [-0.3, -0.25) is 14.3 Å². The van der Waals surface area contributed by atoms with Crippen molar-refractivity contribution in [2.24, 2.45) is 7.05 Å². The Morgan fingerprint density at radius 3 is 2.62 bits per heavy atom. The number of rotatable bonds is 3. The Hall–Kier alpha value is -3.09. The zero-order valence-corrected chi connectivity index (χ0v) is 13.4. The van der Waals surface area contributed by atoms with Crippen LogP contribution in [0.25, 0.3) is 16.8 Å². The third-order valence-corrected chi connectivity index (χ3v) is 3.67. The van der Waals surface area contributed by atoms with Crippen molar-refractivity contribution in [3.05, 3.63) is 64.1 Å². The monoisotopic (exact) mass is 326 g/mol. The molecule has 3 aromatic rings. The molecule has 0 aliphatic carbocycles. The summed E-state index contributed by atoms with van der Waals surface area (Å²) in [5, 5.41) is 8.04. The highest BCUT2D eigenvalue weighted by Gasteiger charge is 2.16. The normalized spacial score (nSPS) is 10.8. The molecular weight excluding hydrogens is 311 g/mol. The molecular formula is C17H15FN4O2. The highest BCUT2D eigenvalue weighted by molar-refractivity contribution is 5.92. The minimum Gasteiger partial charge on any atom is -0.293 e. The topological polar surface area (TPSA) is 69.8 Å². The first-order valence-corrected chi connectivity index (χ1v) is 7.28. The number of Topliss-reactive ketones (excluding diaryl/α,β-unsaturated/α-hetero) is 1. The van der Waals surface area contributed by atoms with Gasteiger partial charge in [-0.1, -0.05) is 12.1 Å². The van der Waals surface area contributed by atoms with Gasteiger partial charge in [0.25, 0.3) is 0 Å². The molecule has 2 heterocycles. The summed E-state index contributed by atoms with van der Waals surface area (Å²) in [5.74, 6) is -0.961. The maximum Gasteiger partial charge on any atom is 0.214 e. The number of carbonyl (C=O) groups excluding carboxylic acids is 1. The molecule has 0 bridgehead atoms. The van der Waals surface area contributed by atoms with Crippen molar-refractivity contribution in [3.63, 3.8) is 0 Å². The number of aryl methyl sites for hydroxylation is 2. The van der Waals surface area contributed by atoms with E-state index >= 15 is 0 Å². The predicted molar refractivity (Wildman–Crippen MR) is 86.7 cm³/mol. The van der Waals surface area contributed by atoms with Crippen LogP contribution in [-0.4, -0.2) is 25.3 Å². The van der Waals surface area contributed by atoms with Gasteiger partial charge < -0.3 is 0 Å². The van der Waals surface area contributed by atoms with Gasteiger partial charge in [0.2, 0.25) is 5.43 Å². The number of ketones is 1. The van der Waals surface area contributed by atoms with Crippen LogP contribution in [0.1, 0.15) is 23.0 Å². The van der Waals surface area contributed by atoms with Gasteiger partial charge in [0, 0.05) is 43.1 Å². The zero-order valence-electron chi connectivity index (χ0n) is 13.4. The molecule has 0 fully saturated rings. The Kier molecular flexibility index (Phi) is 3.84. The Balaban J connectivity index is 2.21. The van der Waals surface area contributed by atoms with Crippen LogP contribution >= 0.6 is 0 Å². The van der Waals surface area contributed by atoms with E-state index in [2.05, 4.69) is 10.2 Å². The SMILES string of the molecule is CC(=O)c1nn(-c2cccc(-c3cnn(C)c3)c2F)cc(C)c1=O. The molecule has 1 aromatic carbocycles. The molecule has 0 spiro atoms. The van der Waals surface area contributed by atoms with E-state index < -0.39 is 17.0 Å². The summed E-state index contributed by atoms with van der Waals surface area (Å²) in [6.07, 6.45) is 4.68. The van der Waals surface area contributed by atoms with E-state index in [1.807, 2.05) is 0 Å². The van der Waals surface area contributed by atoms with Gasteiger partial charge in [-0.15, -0.1) is 0 Å². The average Bonchev–Trinajstić information content (AvgIpc) is 2.96. The lowest BCUT2D eigenvalue weighted by Gasteiger charge is -2.11. The molecule has 0 saturated carbocycles. The maximum atomic E-state index is 15.0. The first-order valence-electron chi connectivity index (χ1n) is 7.28. The summed E-state index contributed by atoms with van der Waals surface area (Å²) in [7, 11) is 1.75. The molecule has 0 radical (unpaired) electrons. The van der Waals surface area contributed by atoms with Crippen LogP contribution in [0.4, 0.5) is 4.39 Å².